The van der Waals surface area contributed by atoms with Crippen LogP contribution in [0.3, 0.4) is 0 Å². The zero-order valence-electron chi connectivity index (χ0n) is 17.3. The zero-order valence-corrected chi connectivity index (χ0v) is 17.3. The highest BCUT2D eigenvalue weighted by Gasteiger charge is 2.30. The molecule has 1 aliphatic heterocycles. The number of aromatic nitrogens is 3. The number of carbonyl (C=O) groups excluding carboxylic acids is 1. The van der Waals surface area contributed by atoms with Gasteiger partial charge in [0.05, 0.1) is 0 Å². The van der Waals surface area contributed by atoms with E-state index >= 15 is 0 Å². The van der Waals surface area contributed by atoms with Crippen LogP contribution in [0.1, 0.15) is 46.1 Å². The number of piperazine rings is 1. The Bertz CT molecular complexity index is 1040. The largest absolute Gasteiger partial charge is 0.353 e. The van der Waals surface area contributed by atoms with Crippen LogP contribution in [0.15, 0.2) is 41.1 Å². The molecule has 1 saturated heterocycles. The van der Waals surface area contributed by atoms with Crippen LogP contribution < -0.4 is 4.90 Å². The highest BCUT2D eigenvalue weighted by atomic mass is 16.5. The molecule has 1 amide bonds. The van der Waals surface area contributed by atoms with E-state index in [4.69, 9.17) is 4.52 Å². The second-order valence-corrected chi connectivity index (χ2v) is 8.29. The van der Waals surface area contributed by atoms with Gasteiger partial charge in [-0.3, -0.25) is 4.79 Å². The predicted molar refractivity (Wildman–Crippen MR) is 114 cm³/mol. The first-order valence-corrected chi connectivity index (χ1v) is 10.5. The van der Waals surface area contributed by atoms with Crippen molar-refractivity contribution < 1.29 is 9.32 Å². The molecule has 3 aromatic rings. The maximum Gasteiger partial charge on any atom is 0.253 e. The van der Waals surface area contributed by atoms with Gasteiger partial charge in [0.15, 0.2) is 0 Å². The molecule has 1 saturated carbocycles. The molecule has 0 unspecified atom stereocenters. The van der Waals surface area contributed by atoms with E-state index in [1.165, 1.54) is 0 Å². The summed E-state index contributed by atoms with van der Waals surface area (Å²) in [6.07, 6.45) is 4.07. The third-order valence-electron chi connectivity index (χ3n) is 5.73. The van der Waals surface area contributed by atoms with Crippen molar-refractivity contribution in [1.29, 1.82) is 0 Å². The molecule has 2 aromatic heterocycles. The van der Waals surface area contributed by atoms with Gasteiger partial charge in [-0.25, -0.2) is 4.98 Å². The zero-order chi connectivity index (χ0) is 20.7. The van der Waals surface area contributed by atoms with Crippen molar-refractivity contribution in [2.24, 2.45) is 0 Å². The van der Waals surface area contributed by atoms with E-state index in [-0.39, 0.29) is 5.91 Å². The second kappa shape index (κ2) is 7.55. The van der Waals surface area contributed by atoms with Crippen LogP contribution in [0.2, 0.25) is 0 Å². The first-order chi connectivity index (χ1) is 14.6. The number of hydrogen-bond donors (Lipinski definition) is 0. The number of aryl methyl sites for hydroxylation is 2. The molecule has 0 spiro atoms. The normalized spacial score (nSPS) is 16.7. The monoisotopic (exact) mass is 403 g/mol. The molecule has 0 atom stereocenters. The van der Waals surface area contributed by atoms with Crippen LogP contribution in [0.25, 0.3) is 11.4 Å². The molecular formula is C23H25N5O2. The van der Waals surface area contributed by atoms with Crippen LogP contribution in [0, 0.1) is 13.8 Å². The van der Waals surface area contributed by atoms with Crippen molar-refractivity contribution >= 4 is 11.7 Å². The molecule has 7 heteroatoms. The number of benzene rings is 1. The summed E-state index contributed by atoms with van der Waals surface area (Å²) < 4.78 is 5.34. The molecule has 30 heavy (non-hydrogen) atoms. The van der Waals surface area contributed by atoms with Crippen LogP contribution in [-0.2, 0) is 0 Å². The van der Waals surface area contributed by atoms with E-state index < -0.39 is 0 Å². The van der Waals surface area contributed by atoms with Crippen molar-refractivity contribution in [3.8, 4) is 11.4 Å². The fourth-order valence-corrected chi connectivity index (χ4v) is 3.97. The highest BCUT2D eigenvalue weighted by molar-refractivity contribution is 5.94. The minimum absolute atomic E-state index is 0.105. The second-order valence-electron chi connectivity index (χ2n) is 8.29. The Morgan fingerprint density at radius 3 is 2.40 bits per heavy atom. The maximum atomic E-state index is 12.9. The smallest absolute Gasteiger partial charge is 0.253 e. The van der Waals surface area contributed by atoms with Crippen LogP contribution >= 0.6 is 0 Å². The Hall–Kier alpha value is -3.22. The molecule has 0 radical (unpaired) electrons. The van der Waals surface area contributed by atoms with Gasteiger partial charge >= 0.3 is 0 Å². The third kappa shape index (κ3) is 3.79. The molecular weight excluding hydrogens is 378 g/mol. The summed E-state index contributed by atoms with van der Waals surface area (Å²) in [4.78, 5) is 26.1. The minimum atomic E-state index is 0.105. The lowest BCUT2D eigenvalue weighted by Gasteiger charge is -2.35. The fourth-order valence-electron chi connectivity index (χ4n) is 3.97. The number of rotatable bonds is 4. The number of nitrogens with zero attached hydrogens (tertiary/aromatic N) is 5. The average Bonchev–Trinajstić information content (AvgIpc) is 3.49. The van der Waals surface area contributed by atoms with Gasteiger partial charge in [-0.1, -0.05) is 22.3 Å². The molecule has 154 valence electrons. The standard InChI is InChI=1S/C23H25N5O2/c1-15-11-16(2)13-19(12-15)23(29)28-9-7-27(8-10-28)20-6-5-18(14-24-20)21-25-22(30-26-21)17-3-4-17/h5-6,11-14,17H,3-4,7-10H2,1-2H3. The third-order valence-corrected chi connectivity index (χ3v) is 5.73. The fraction of sp³-hybridized carbons (Fsp3) is 0.391. The lowest BCUT2D eigenvalue weighted by molar-refractivity contribution is 0.0746. The number of carbonyl (C=O) groups is 1. The summed E-state index contributed by atoms with van der Waals surface area (Å²) in [6, 6.07) is 10.00. The topological polar surface area (TPSA) is 75.4 Å². The Kier molecular flexibility index (Phi) is 4.73. The number of amides is 1. The Labute approximate surface area is 175 Å². The maximum absolute atomic E-state index is 12.9. The molecule has 1 aromatic carbocycles. The van der Waals surface area contributed by atoms with Crippen LogP contribution in [0.4, 0.5) is 5.82 Å². The molecule has 0 bridgehead atoms. The number of anilines is 1. The van der Waals surface area contributed by atoms with E-state index in [9.17, 15) is 4.79 Å². The lowest BCUT2D eigenvalue weighted by Crippen LogP contribution is -2.49. The van der Waals surface area contributed by atoms with Gasteiger partial charge in [0.25, 0.3) is 5.91 Å². The van der Waals surface area contributed by atoms with Crippen LogP contribution in [-0.4, -0.2) is 52.1 Å². The Morgan fingerprint density at radius 2 is 1.77 bits per heavy atom. The first-order valence-electron chi connectivity index (χ1n) is 10.5. The van der Waals surface area contributed by atoms with Gasteiger partial charge in [-0.2, -0.15) is 4.98 Å². The van der Waals surface area contributed by atoms with Crippen molar-refractivity contribution in [3.05, 3.63) is 59.1 Å². The van der Waals surface area contributed by atoms with Crippen molar-refractivity contribution in [3.63, 3.8) is 0 Å². The molecule has 2 fully saturated rings. The van der Waals surface area contributed by atoms with E-state index in [1.54, 1.807) is 6.20 Å². The first kappa shape index (κ1) is 18.8. The molecule has 0 N–H and O–H groups in total. The van der Waals surface area contributed by atoms with Gasteiger partial charge in [0.1, 0.15) is 5.82 Å². The summed E-state index contributed by atoms with van der Waals surface area (Å²) in [5.74, 6) is 2.79. The predicted octanol–water partition coefficient (Wildman–Crippen LogP) is 3.59. The van der Waals surface area contributed by atoms with E-state index in [2.05, 4.69) is 26.1 Å². The molecule has 5 rings (SSSR count). The van der Waals surface area contributed by atoms with Crippen molar-refractivity contribution in [1.82, 2.24) is 20.0 Å². The Balaban J connectivity index is 1.22. The van der Waals surface area contributed by atoms with E-state index in [1.807, 2.05) is 43.0 Å². The van der Waals surface area contributed by atoms with Gasteiger partial charge in [-0.05, 0) is 51.0 Å². The molecule has 2 aliphatic rings. The summed E-state index contributed by atoms with van der Waals surface area (Å²) in [6.45, 7) is 6.94. The van der Waals surface area contributed by atoms with Crippen molar-refractivity contribution in [2.75, 3.05) is 31.1 Å². The summed E-state index contributed by atoms with van der Waals surface area (Å²) in [5.41, 5.74) is 3.87. The average molecular weight is 403 g/mol. The van der Waals surface area contributed by atoms with E-state index in [0.29, 0.717) is 24.8 Å². The van der Waals surface area contributed by atoms with Crippen molar-refractivity contribution in [2.45, 2.75) is 32.6 Å². The summed E-state index contributed by atoms with van der Waals surface area (Å²) in [5, 5.41) is 4.08. The number of pyridine rings is 1. The van der Waals surface area contributed by atoms with Gasteiger partial charge in [0, 0.05) is 49.4 Å². The quantitative estimate of drug-likeness (QED) is 0.663. The molecule has 3 heterocycles. The van der Waals surface area contributed by atoms with Gasteiger partial charge in [-0.15, -0.1) is 0 Å². The lowest BCUT2D eigenvalue weighted by atomic mass is 10.1. The van der Waals surface area contributed by atoms with Gasteiger partial charge in [0.2, 0.25) is 11.7 Å². The Morgan fingerprint density at radius 1 is 1.03 bits per heavy atom. The van der Waals surface area contributed by atoms with Gasteiger partial charge < -0.3 is 14.3 Å². The van der Waals surface area contributed by atoms with Crippen LogP contribution in [0.5, 0.6) is 0 Å². The highest BCUT2D eigenvalue weighted by Crippen LogP contribution is 2.39. The summed E-state index contributed by atoms with van der Waals surface area (Å²) in [7, 11) is 0. The molecule has 7 nitrogen and oxygen atoms in total. The summed E-state index contributed by atoms with van der Waals surface area (Å²) >= 11 is 0. The molecule has 1 aliphatic carbocycles. The van der Waals surface area contributed by atoms with E-state index in [0.717, 1.165) is 59.9 Å². The number of hydrogen-bond acceptors (Lipinski definition) is 6. The SMILES string of the molecule is Cc1cc(C)cc(C(=O)N2CCN(c3ccc(-c4noc(C5CC5)n4)cn3)CC2)c1. The minimum Gasteiger partial charge on any atom is -0.353 e.